The lowest BCUT2D eigenvalue weighted by Gasteiger charge is -2.20. The van der Waals surface area contributed by atoms with Crippen LogP contribution in [0.3, 0.4) is 0 Å². The monoisotopic (exact) mass is 307 g/mol. The third-order valence-corrected chi connectivity index (χ3v) is 4.87. The quantitative estimate of drug-likeness (QED) is 0.944. The summed E-state index contributed by atoms with van der Waals surface area (Å²) in [5.41, 5.74) is 4.16. The number of carbonyl (C=O) groups excluding carboxylic acids is 1. The Labute approximate surface area is 136 Å². The number of carbonyl (C=O) groups is 1. The van der Waals surface area contributed by atoms with Crippen molar-refractivity contribution in [3.05, 3.63) is 53.9 Å². The van der Waals surface area contributed by atoms with Crippen LogP contribution >= 0.6 is 0 Å². The predicted molar refractivity (Wildman–Crippen MR) is 91.1 cm³/mol. The first-order valence-electron chi connectivity index (χ1n) is 8.43. The fourth-order valence-corrected chi connectivity index (χ4v) is 3.65. The van der Waals surface area contributed by atoms with Crippen LogP contribution in [0, 0.1) is 0 Å². The number of pyridine rings is 1. The van der Waals surface area contributed by atoms with Crippen molar-refractivity contribution in [1.82, 2.24) is 10.3 Å². The van der Waals surface area contributed by atoms with E-state index in [1.165, 1.54) is 24.1 Å². The topological polar surface area (TPSA) is 45.2 Å². The standard InChI is InChI=1S/C19H21N3O/c23-19(21-15-6-2-3-7-15)17-13-16(9-11-20-17)22-12-10-14-5-1-4-8-18(14)22/h1,4-5,8-9,11,13,15H,2-3,6-7,10,12H2,(H,21,23). The summed E-state index contributed by atoms with van der Waals surface area (Å²) in [6.45, 7) is 0.951. The zero-order chi connectivity index (χ0) is 15.6. The minimum Gasteiger partial charge on any atom is -0.348 e. The predicted octanol–water partition coefficient (Wildman–Crippen LogP) is 3.45. The van der Waals surface area contributed by atoms with Crippen molar-refractivity contribution in [2.75, 3.05) is 11.4 Å². The van der Waals surface area contributed by atoms with Gasteiger partial charge in [0.05, 0.1) is 0 Å². The van der Waals surface area contributed by atoms with Crippen molar-refractivity contribution in [1.29, 1.82) is 0 Å². The molecule has 2 aliphatic rings. The number of para-hydroxylation sites is 1. The van der Waals surface area contributed by atoms with Gasteiger partial charge in [0.25, 0.3) is 5.91 Å². The molecule has 118 valence electrons. The molecule has 1 saturated carbocycles. The zero-order valence-corrected chi connectivity index (χ0v) is 13.2. The fraction of sp³-hybridized carbons (Fsp3) is 0.368. The molecule has 1 aromatic heterocycles. The molecule has 4 heteroatoms. The van der Waals surface area contributed by atoms with Gasteiger partial charge in [-0.2, -0.15) is 0 Å². The van der Waals surface area contributed by atoms with E-state index in [0.29, 0.717) is 11.7 Å². The maximum Gasteiger partial charge on any atom is 0.270 e. The van der Waals surface area contributed by atoms with Crippen molar-refractivity contribution in [3.8, 4) is 0 Å². The number of nitrogens with one attached hydrogen (secondary N) is 1. The van der Waals surface area contributed by atoms with Gasteiger partial charge in [0, 0.05) is 30.2 Å². The summed E-state index contributed by atoms with van der Waals surface area (Å²) in [4.78, 5) is 19.0. The summed E-state index contributed by atoms with van der Waals surface area (Å²) in [6.07, 6.45) is 7.38. The van der Waals surface area contributed by atoms with E-state index in [9.17, 15) is 4.79 Å². The molecule has 2 heterocycles. The Kier molecular flexibility index (Phi) is 3.74. The van der Waals surface area contributed by atoms with Crippen molar-refractivity contribution in [2.45, 2.75) is 38.1 Å². The molecule has 1 aliphatic carbocycles. The van der Waals surface area contributed by atoms with Crippen molar-refractivity contribution >= 4 is 17.3 Å². The van der Waals surface area contributed by atoms with Crippen molar-refractivity contribution < 1.29 is 4.79 Å². The number of anilines is 2. The number of nitrogens with zero attached hydrogens (tertiary/aromatic N) is 2. The lowest BCUT2D eigenvalue weighted by atomic mass is 10.2. The van der Waals surface area contributed by atoms with Crippen LogP contribution in [0.25, 0.3) is 0 Å². The number of hydrogen-bond donors (Lipinski definition) is 1. The maximum absolute atomic E-state index is 12.4. The molecule has 23 heavy (non-hydrogen) atoms. The maximum atomic E-state index is 12.4. The van der Waals surface area contributed by atoms with Crippen LogP contribution < -0.4 is 10.2 Å². The van der Waals surface area contributed by atoms with Crippen LogP contribution in [-0.4, -0.2) is 23.5 Å². The third kappa shape index (κ3) is 2.81. The van der Waals surface area contributed by atoms with Crippen LogP contribution in [0.2, 0.25) is 0 Å². The molecule has 2 aromatic rings. The molecule has 0 spiro atoms. The van der Waals surface area contributed by atoms with E-state index in [1.54, 1.807) is 6.20 Å². The first-order valence-corrected chi connectivity index (χ1v) is 8.43. The van der Waals surface area contributed by atoms with E-state index >= 15 is 0 Å². The highest BCUT2D eigenvalue weighted by atomic mass is 16.1. The lowest BCUT2D eigenvalue weighted by Crippen LogP contribution is -2.33. The normalized spacial score (nSPS) is 17.3. The Morgan fingerprint density at radius 3 is 2.87 bits per heavy atom. The van der Waals surface area contributed by atoms with Gasteiger partial charge in [0.2, 0.25) is 0 Å². The Morgan fingerprint density at radius 1 is 1.17 bits per heavy atom. The highest BCUT2D eigenvalue weighted by molar-refractivity contribution is 5.93. The van der Waals surface area contributed by atoms with Gasteiger partial charge in [0.1, 0.15) is 5.69 Å². The summed E-state index contributed by atoms with van der Waals surface area (Å²) >= 11 is 0. The second-order valence-electron chi connectivity index (χ2n) is 6.38. The zero-order valence-electron chi connectivity index (χ0n) is 13.2. The average molecular weight is 307 g/mol. The summed E-state index contributed by atoms with van der Waals surface area (Å²) in [5, 5.41) is 3.11. The van der Waals surface area contributed by atoms with Crippen LogP contribution in [0.5, 0.6) is 0 Å². The molecular formula is C19H21N3O. The van der Waals surface area contributed by atoms with Crippen molar-refractivity contribution in [3.63, 3.8) is 0 Å². The van der Waals surface area contributed by atoms with E-state index in [2.05, 4.69) is 39.5 Å². The van der Waals surface area contributed by atoms with Crippen LogP contribution in [0.4, 0.5) is 11.4 Å². The Morgan fingerprint density at radius 2 is 2.00 bits per heavy atom. The van der Waals surface area contributed by atoms with Crippen LogP contribution in [0.1, 0.15) is 41.7 Å². The molecule has 1 amide bonds. The second kappa shape index (κ2) is 6.03. The van der Waals surface area contributed by atoms with Gasteiger partial charge in [-0.15, -0.1) is 0 Å². The van der Waals surface area contributed by atoms with E-state index in [-0.39, 0.29) is 5.91 Å². The number of aromatic nitrogens is 1. The summed E-state index contributed by atoms with van der Waals surface area (Å²) < 4.78 is 0. The van der Waals surface area contributed by atoms with Crippen molar-refractivity contribution in [2.24, 2.45) is 0 Å². The van der Waals surface area contributed by atoms with Gasteiger partial charge in [-0.3, -0.25) is 9.78 Å². The first kappa shape index (κ1) is 14.2. The summed E-state index contributed by atoms with van der Waals surface area (Å²) in [7, 11) is 0. The van der Waals surface area contributed by atoms with E-state index in [0.717, 1.165) is 31.5 Å². The van der Waals surface area contributed by atoms with Gasteiger partial charge in [-0.1, -0.05) is 31.0 Å². The molecule has 1 aromatic carbocycles. The molecule has 1 fully saturated rings. The first-order chi connectivity index (χ1) is 11.3. The molecule has 0 unspecified atom stereocenters. The van der Waals surface area contributed by atoms with Gasteiger partial charge < -0.3 is 10.2 Å². The second-order valence-corrected chi connectivity index (χ2v) is 6.38. The van der Waals surface area contributed by atoms with Gasteiger partial charge in [0.15, 0.2) is 0 Å². The minimum absolute atomic E-state index is 0.0498. The van der Waals surface area contributed by atoms with Crippen LogP contribution in [0.15, 0.2) is 42.6 Å². The molecule has 4 nitrogen and oxygen atoms in total. The highest BCUT2D eigenvalue weighted by Crippen LogP contribution is 2.34. The Hall–Kier alpha value is -2.36. The average Bonchev–Trinajstić information content (AvgIpc) is 3.24. The smallest absolute Gasteiger partial charge is 0.270 e. The highest BCUT2D eigenvalue weighted by Gasteiger charge is 2.22. The third-order valence-electron chi connectivity index (χ3n) is 4.87. The molecule has 4 rings (SSSR count). The van der Waals surface area contributed by atoms with Gasteiger partial charge in [-0.25, -0.2) is 0 Å². The molecule has 0 radical (unpaired) electrons. The SMILES string of the molecule is O=C(NC1CCCC1)c1cc(N2CCc3ccccc32)ccn1. The number of amides is 1. The molecule has 1 aliphatic heterocycles. The van der Waals surface area contributed by atoms with Gasteiger partial charge >= 0.3 is 0 Å². The largest absolute Gasteiger partial charge is 0.348 e. The molecular weight excluding hydrogens is 286 g/mol. The molecule has 0 saturated heterocycles. The Bertz CT molecular complexity index is 722. The van der Waals surface area contributed by atoms with Crippen LogP contribution in [-0.2, 0) is 6.42 Å². The minimum atomic E-state index is -0.0498. The number of rotatable bonds is 3. The van der Waals surface area contributed by atoms with Gasteiger partial charge in [-0.05, 0) is 43.0 Å². The number of hydrogen-bond acceptors (Lipinski definition) is 3. The number of benzene rings is 1. The van der Waals surface area contributed by atoms with E-state index < -0.39 is 0 Å². The molecule has 0 bridgehead atoms. The van der Waals surface area contributed by atoms with E-state index in [4.69, 9.17) is 0 Å². The lowest BCUT2D eigenvalue weighted by molar-refractivity contribution is 0.0933. The number of fused-ring (bicyclic) bond motifs is 1. The summed E-state index contributed by atoms with van der Waals surface area (Å²) in [5.74, 6) is -0.0498. The molecule has 1 N–H and O–H groups in total. The fourth-order valence-electron chi connectivity index (χ4n) is 3.65. The summed E-state index contributed by atoms with van der Waals surface area (Å²) in [6, 6.07) is 12.7. The Balaban J connectivity index is 1.56. The van der Waals surface area contributed by atoms with E-state index in [1.807, 2.05) is 12.1 Å². The molecule has 0 atom stereocenters.